The molecule has 0 heterocycles. The Bertz CT molecular complexity index is 938. The Balaban J connectivity index is 2.14. The molecule has 0 bridgehead atoms. The summed E-state index contributed by atoms with van der Waals surface area (Å²) in [6.45, 7) is 1.22. The maximum absolute atomic E-state index is 13.9. The zero-order valence-electron chi connectivity index (χ0n) is 15.7. The number of amides is 2. The van der Waals surface area contributed by atoms with Crippen LogP contribution >= 0.6 is 0 Å². The minimum atomic E-state index is -1.26. The van der Waals surface area contributed by atoms with E-state index in [0.717, 1.165) is 0 Å². The number of carboxylic acid groups (broad SMARTS) is 1. The molecule has 3 N–H and O–H groups in total. The molecule has 0 radical (unpaired) electrons. The molecule has 150 valence electrons. The molecule has 29 heavy (non-hydrogen) atoms. The third-order valence-electron chi connectivity index (χ3n) is 4.21. The number of carbonyl (C=O) groups is 3. The van der Waals surface area contributed by atoms with Crippen molar-refractivity contribution in [3.63, 3.8) is 0 Å². The van der Waals surface area contributed by atoms with E-state index < -0.39 is 35.7 Å². The van der Waals surface area contributed by atoms with Gasteiger partial charge in [0.15, 0.2) is 0 Å². The number of aliphatic carboxylic acids is 1. The number of carboxylic acids is 1. The van der Waals surface area contributed by atoms with Gasteiger partial charge in [-0.2, -0.15) is 5.26 Å². The quantitative estimate of drug-likeness (QED) is 0.624. The van der Waals surface area contributed by atoms with Crippen LogP contribution in [0.3, 0.4) is 0 Å². The van der Waals surface area contributed by atoms with E-state index in [-0.39, 0.29) is 18.4 Å². The van der Waals surface area contributed by atoms with Crippen LogP contribution in [0.25, 0.3) is 0 Å². The highest BCUT2D eigenvalue weighted by Crippen LogP contribution is 2.11. The van der Waals surface area contributed by atoms with Gasteiger partial charge in [0.2, 0.25) is 11.8 Å². The van der Waals surface area contributed by atoms with Crippen LogP contribution in [-0.4, -0.2) is 35.0 Å². The predicted molar refractivity (Wildman–Crippen MR) is 102 cm³/mol. The van der Waals surface area contributed by atoms with Crippen molar-refractivity contribution in [1.29, 1.82) is 5.26 Å². The van der Waals surface area contributed by atoms with Crippen molar-refractivity contribution in [3.05, 3.63) is 71.0 Å². The molecule has 2 amide bonds. The lowest BCUT2D eigenvalue weighted by Gasteiger charge is -2.21. The molecular formula is C21H20FN3O4. The van der Waals surface area contributed by atoms with Gasteiger partial charge in [-0.15, -0.1) is 0 Å². The number of hydrogen-bond donors (Lipinski definition) is 3. The van der Waals surface area contributed by atoms with Crippen LogP contribution in [0, 0.1) is 17.1 Å². The molecular weight excluding hydrogens is 377 g/mol. The SMILES string of the molecule is CC(=O)N[C@@H](Cc1ccccc1F)C(=O)N[C@H](Cc1ccc(C#N)cc1)C(=O)O. The molecule has 2 aromatic carbocycles. The van der Waals surface area contributed by atoms with Crippen LogP contribution in [0.15, 0.2) is 48.5 Å². The van der Waals surface area contributed by atoms with Crippen molar-refractivity contribution in [2.45, 2.75) is 31.8 Å². The number of halogens is 1. The molecule has 0 aromatic heterocycles. The second-order valence-corrected chi connectivity index (χ2v) is 6.46. The monoisotopic (exact) mass is 397 g/mol. The average molecular weight is 397 g/mol. The first kappa shape index (κ1) is 21.6. The fourth-order valence-electron chi connectivity index (χ4n) is 2.76. The third kappa shape index (κ3) is 6.43. The summed E-state index contributed by atoms with van der Waals surface area (Å²) in [6, 6.07) is 11.7. The molecule has 2 rings (SSSR count). The molecule has 2 atom stereocenters. The number of carbonyl (C=O) groups excluding carboxylic acids is 2. The highest BCUT2D eigenvalue weighted by Gasteiger charge is 2.27. The van der Waals surface area contributed by atoms with Gasteiger partial charge in [-0.05, 0) is 29.3 Å². The van der Waals surface area contributed by atoms with Gasteiger partial charge in [0, 0.05) is 19.8 Å². The van der Waals surface area contributed by atoms with Gasteiger partial charge in [0.25, 0.3) is 0 Å². The van der Waals surface area contributed by atoms with Gasteiger partial charge in [0.1, 0.15) is 17.9 Å². The van der Waals surface area contributed by atoms with Crippen LogP contribution in [0.4, 0.5) is 4.39 Å². The lowest BCUT2D eigenvalue weighted by atomic mass is 10.0. The molecule has 0 saturated carbocycles. The average Bonchev–Trinajstić information content (AvgIpc) is 2.68. The second-order valence-electron chi connectivity index (χ2n) is 6.46. The summed E-state index contributed by atoms with van der Waals surface area (Å²) in [7, 11) is 0. The highest BCUT2D eigenvalue weighted by atomic mass is 19.1. The van der Waals surface area contributed by atoms with Gasteiger partial charge >= 0.3 is 5.97 Å². The molecule has 0 fully saturated rings. The third-order valence-corrected chi connectivity index (χ3v) is 4.21. The summed E-state index contributed by atoms with van der Waals surface area (Å²) in [5.74, 6) is -3.01. The zero-order chi connectivity index (χ0) is 21.4. The number of benzene rings is 2. The minimum Gasteiger partial charge on any atom is -0.480 e. The summed E-state index contributed by atoms with van der Waals surface area (Å²) in [5.41, 5.74) is 1.27. The smallest absolute Gasteiger partial charge is 0.326 e. The van der Waals surface area contributed by atoms with Gasteiger partial charge in [-0.25, -0.2) is 9.18 Å². The van der Waals surface area contributed by atoms with E-state index in [9.17, 15) is 23.9 Å². The van der Waals surface area contributed by atoms with Crippen LogP contribution < -0.4 is 10.6 Å². The number of rotatable bonds is 8. The fourth-order valence-corrected chi connectivity index (χ4v) is 2.76. The Morgan fingerprint density at radius 1 is 1.03 bits per heavy atom. The molecule has 0 unspecified atom stereocenters. The molecule has 2 aromatic rings. The van der Waals surface area contributed by atoms with Crippen molar-refractivity contribution in [2.75, 3.05) is 0 Å². The summed E-state index contributed by atoms with van der Waals surface area (Å²) in [4.78, 5) is 35.7. The van der Waals surface area contributed by atoms with E-state index in [1.807, 2.05) is 6.07 Å². The number of nitrogens with one attached hydrogen (secondary N) is 2. The molecule has 8 heteroatoms. The van der Waals surface area contributed by atoms with E-state index in [1.54, 1.807) is 30.3 Å². The molecule has 0 spiro atoms. The van der Waals surface area contributed by atoms with Crippen LogP contribution in [0.5, 0.6) is 0 Å². The van der Waals surface area contributed by atoms with Crippen molar-refractivity contribution in [1.82, 2.24) is 10.6 Å². The first-order valence-corrected chi connectivity index (χ1v) is 8.83. The Kier molecular flexibility index (Phi) is 7.43. The maximum atomic E-state index is 13.9. The Hall–Kier alpha value is -3.73. The number of nitrogens with zero attached hydrogens (tertiary/aromatic N) is 1. The summed E-state index contributed by atoms with van der Waals surface area (Å²) < 4.78 is 13.9. The van der Waals surface area contributed by atoms with Gasteiger partial charge < -0.3 is 15.7 Å². The largest absolute Gasteiger partial charge is 0.480 e. The first-order chi connectivity index (χ1) is 13.8. The Labute approximate surface area is 167 Å². The molecule has 0 saturated heterocycles. The molecule has 0 aliphatic carbocycles. The van der Waals surface area contributed by atoms with Crippen molar-refractivity contribution < 1.29 is 23.9 Å². The lowest BCUT2D eigenvalue weighted by Crippen LogP contribution is -2.52. The summed E-state index contributed by atoms with van der Waals surface area (Å²) in [5, 5.41) is 23.1. The van der Waals surface area contributed by atoms with E-state index in [4.69, 9.17) is 5.26 Å². The standard InChI is InChI=1S/C21H20FN3O4/c1-13(26)24-18(11-16-4-2-3-5-17(16)22)20(27)25-19(21(28)29)10-14-6-8-15(12-23)9-7-14/h2-9,18-19H,10-11H2,1H3,(H,24,26)(H,25,27)(H,28,29)/t18-,19+/m0/s1. The van der Waals surface area contributed by atoms with Gasteiger partial charge in [-0.1, -0.05) is 30.3 Å². The zero-order valence-corrected chi connectivity index (χ0v) is 15.7. The molecule has 0 aliphatic heterocycles. The van der Waals surface area contributed by atoms with Crippen LogP contribution in [0.1, 0.15) is 23.6 Å². The van der Waals surface area contributed by atoms with Crippen molar-refractivity contribution >= 4 is 17.8 Å². The topological polar surface area (TPSA) is 119 Å². The molecule has 0 aliphatic rings. The minimum absolute atomic E-state index is 0.0146. The fraction of sp³-hybridized carbons (Fsp3) is 0.238. The highest BCUT2D eigenvalue weighted by molar-refractivity contribution is 5.90. The molecule has 7 nitrogen and oxygen atoms in total. The van der Waals surface area contributed by atoms with Crippen LogP contribution in [0.2, 0.25) is 0 Å². The number of nitriles is 1. The lowest BCUT2D eigenvalue weighted by molar-refractivity contribution is -0.142. The second kappa shape index (κ2) is 9.99. The van der Waals surface area contributed by atoms with E-state index >= 15 is 0 Å². The van der Waals surface area contributed by atoms with Crippen LogP contribution in [-0.2, 0) is 27.2 Å². The summed E-state index contributed by atoms with van der Waals surface area (Å²) >= 11 is 0. The van der Waals surface area contributed by atoms with Gasteiger partial charge in [0.05, 0.1) is 11.6 Å². The summed E-state index contributed by atoms with van der Waals surface area (Å²) in [6.07, 6.45) is -0.138. The normalized spacial score (nSPS) is 12.3. The first-order valence-electron chi connectivity index (χ1n) is 8.83. The van der Waals surface area contributed by atoms with Crippen molar-refractivity contribution in [3.8, 4) is 6.07 Å². The van der Waals surface area contributed by atoms with Crippen molar-refractivity contribution in [2.24, 2.45) is 0 Å². The Morgan fingerprint density at radius 2 is 1.69 bits per heavy atom. The van der Waals surface area contributed by atoms with E-state index in [0.29, 0.717) is 11.1 Å². The predicted octanol–water partition coefficient (Wildman–Crippen LogP) is 1.56. The van der Waals surface area contributed by atoms with E-state index in [1.165, 1.54) is 25.1 Å². The van der Waals surface area contributed by atoms with E-state index in [2.05, 4.69) is 10.6 Å². The maximum Gasteiger partial charge on any atom is 0.326 e. The number of hydrogen-bond acceptors (Lipinski definition) is 4. The van der Waals surface area contributed by atoms with Gasteiger partial charge in [-0.3, -0.25) is 9.59 Å². The Morgan fingerprint density at radius 3 is 2.24 bits per heavy atom.